The molecular weight excluding hydrogens is 598 g/mol. The molecule has 2 fully saturated rings. The lowest BCUT2D eigenvalue weighted by molar-refractivity contribution is 0.0141. The number of H-pyrrole nitrogens is 1. The van der Waals surface area contributed by atoms with Gasteiger partial charge < -0.3 is 25.0 Å². The number of hydrogen-bond acceptors (Lipinski definition) is 9. The Kier molecular flexibility index (Phi) is 8.14. The Bertz CT molecular complexity index is 1650. The molecule has 4 heterocycles. The largest absolute Gasteiger partial charge is 0.444 e. The van der Waals surface area contributed by atoms with Crippen molar-refractivity contribution in [3.63, 3.8) is 0 Å². The van der Waals surface area contributed by atoms with Crippen molar-refractivity contribution in [1.82, 2.24) is 25.0 Å². The molecule has 1 aromatic carbocycles. The fourth-order valence-corrected chi connectivity index (χ4v) is 7.18. The van der Waals surface area contributed by atoms with Gasteiger partial charge in [0.2, 0.25) is 0 Å². The highest BCUT2D eigenvalue weighted by Gasteiger charge is 2.40. The third kappa shape index (κ3) is 5.69. The Balaban J connectivity index is 1.22. The molecule has 3 aliphatic rings. The molecule has 1 atom stereocenters. The number of hydrazine groups is 1. The Hall–Kier alpha value is -4.27. The molecule has 4 amide bonds. The molecule has 2 aliphatic heterocycles. The van der Waals surface area contributed by atoms with Crippen molar-refractivity contribution in [2.45, 2.75) is 45.3 Å². The zero-order chi connectivity index (χ0) is 32.0. The second-order valence-electron chi connectivity index (χ2n) is 12.3. The fourth-order valence-electron chi connectivity index (χ4n) is 6.20. The van der Waals surface area contributed by atoms with E-state index in [1.165, 1.54) is 16.3 Å². The highest BCUT2D eigenvalue weighted by molar-refractivity contribution is 7.17. The Morgan fingerprint density at radius 1 is 1.07 bits per heavy atom. The number of nitrogens with zero attached hydrogens (tertiary/aromatic N) is 5. The normalized spacial score (nSPS) is 18.2. The molecular formula is C31H37N7O6S. The second-order valence-corrected chi connectivity index (χ2v) is 13.4. The number of anilines is 1. The van der Waals surface area contributed by atoms with Crippen molar-refractivity contribution >= 4 is 40.8 Å². The van der Waals surface area contributed by atoms with E-state index < -0.39 is 11.6 Å². The summed E-state index contributed by atoms with van der Waals surface area (Å²) < 4.78 is 10.8. The maximum absolute atomic E-state index is 14.1. The average Bonchev–Trinajstić information content (AvgIpc) is 3.79. The van der Waals surface area contributed by atoms with Gasteiger partial charge in [-0.2, -0.15) is 5.10 Å². The summed E-state index contributed by atoms with van der Waals surface area (Å²) in [4.78, 5) is 57.3. The smallest absolute Gasteiger partial charge is 0.410 e. The SMILES string of the molecule is COCC1CCCN1N(C(N)=O)c1cccc2c1C(=O)c1c-2n[nH]c1-c1ccc(C(=O)N2CCN(C(=O)OC(C)(C)C)CC2)s1. The van der Waals surface area contributed by atoms with Gasteiger partial charge in [-0.05, 0) is 51.8 Å². The average molecular weight is 636 g/mol. The summed E-state index contributed by atoms with van der Waals surface area (Å²) in [6, 6.07) is 8.13. The fraction of sp³-hybridized carbons (Fsp3) is 0.452. The van der Waals surface area contributed by atoms with Crippen molar-refractivity contribution in [3.8, 4) is 21.8 Å². The minimum atomic E-state index is -0.682. The first kappa shape index (κ1) is 30.7. The summed E-state index contributed by atoms with van der Waals surface area (Å²) in [7, 11) is 1.62. The molecule has 45 heavy (non-hydrogen) atoms. The highest BCUT2D eigenvalue weighted by atomic mass is 32.1. The van der Waals surface area contributed by atoms with Crippen LogP contribution in [-0.4, -0.2) is 107 Å². The number of methoxy groups -OCH3 is 1. The predicted molar refractivity (Wildman–Crippen MR) is 168 cm³/mol. The molecule has 2 aromatic heterocycles. The van der Waals surface area contributed by atoms with E-state index in [-0.39, 0.29) is 23.8 Å². The number of ether oxygens (including phenoxy) is 2. The number of aromatic nitrogens is 2. The summed E-state index contributed by atoms with van der Waals surface area (Å²) in [5.41, 5.74) is 8.09. The molecule has 3 N–H and O–H groups in total. The number of nitrogens with one attached hydrogen (secondary N) is 1. The first-order valence-electron chi connectivity index (χ1n) is 15.0. The molecule has 0 spiro atoms. The first-order valence-corrected chi connectivity index (χ1v) is 15.8. The van der Waals surface area contributed by atoms with E-state index in [0.717, 1.165) is 12.8 Å². The standard InChI is InChI=1S/C31H37N7O6S/c1-31(2,3)44-30(42)36-15-13-35(14-16-36)28(40)22-11-10-21(45-22)26-24-25(33-34-26)19-8-5-9-20(23(19)27(24)39)38(29(32)41)37-12-6-7-18(37)17-43-4/h5,8-11,18H,6-7,12-17H2,1-4H3,(H2,32,41)(H,33,34). The molecule has 0 saturated carbocycles. The quantitative estimate of drug-likeness (QED) is 0.323. The van der Waals surface area contributed by atoms with E-state index in [9.17, 15) is 19.2 Å². The number of primary amides is 1. The summed E-state index contributed by atoms with van der Waals surface area (Å²) in [5.74, 6) is -0.413. The number of carbonyl (C=O) groups excluding carboxylic acids is 4. The zero-order valence-corrected chi connectivity index (χ0v) is 26.6. The van der Waals surface area contributed by atoms with Crippen LogP contribution in [0.4, 0.5) is 15.3 Å². The van der Waals surface area contributed by atoms with Crippen LogP contribution < -0.4 is 10.7 Å². The van der Waals surface area contributed by atoms with Crippen LogP contribution in [0.5, 0.6) is 0 Å². The number of benzene rings is 1. The van der Waals surface area contributed by atoms with Crippen molar-refractivity contribution < 1.29 is 28.7 Å². The zero-order valence-electron chi connectivity index (χ0n) is 25.8. The molecule has 0 radical (unpaired) electrons. The molecule has 14 heteroatoms. The van der Waals surface area contributed by atoms with Crippen molar-refractivity contribution in [2.24, 2.45) is 5.73 Å². The van der Waals surface area contributed by atoms with Crippen molar-refractivity contribution in [1.29, 1.82) is 0 Å². The Labute approximate surface area is 264 Å². The molecule has 6 rings (SSSR count). The lowest BCUT2D eigenvalue weighted by atomic mass is 10.1. The number of hydrogen-bond donors (Lipinski definition) is 2. The Morgan fingerprint density at radius 2 is 1.80 bits per heavy atom. The summed E-state index contributed by atoms with van der Waals surface area (Å²) in [6.07, 6.45) is 1.32. The van der Waals surface area contributed by atoms with Crippen LogP contribution in [0, 0.1) is 0 Å². The highest BCUT2D eigenvalue weighted by Crippen LogP contribution is 2.45. The number of thiophene rings is 1. The number of ketones is 1. The molecule has 238 valence electrons. The van der Waals surface area contributed by atoms with Gasteiger partial charge in [-0.25, -0.2) is 19.6 Å². The second kappa shape index (κ2) is 11.9. The van der Waals surface area contributed by atoms with Gasteiger partial charge in [-0.15, -0.1) is 11.3 Å². The van der Waals surface area contributed by atoms with E-state index in [0.29, 0.717) is 82.9 Å². The van der Waals surface area contributed by atoms with Gasteiger partial charge in [0.1, 0.15) is 11.3 Å². The summed E-state index contributed by atoms with van der Waals surface area (Å²) in [6.45, 7) is 8.04. The van der Waals surface area contributed by atoms with Gasteiger partial charge >= 0.3 is 12.1 Å². The van der Waals surface area contributed by atoms with Gasteiger partial charge in [-0.1, -0.05) is 12.1 Å². The van der Waals surface area contributed by atoms with Crippen molar-refractivity contribution in [2.75, 3.05) is 51.4 Å². The van der Waals surface area contributed by atoms with Crippen LogP contribution in [0.25, 0.3) is 21.8 Å². The molecule has 1 aliphatic carbocycles. The monoisotopic (exact) mass is 635 g/mol. The maximum atomic E-state index is 14.1. The minimum absolute atomic E-state index is 0.0505. The van der Waals surface area contributed by atoms with Crippen LogP contribution in [0.15, 0.2) is 30.3 Å². The first-order chi connectivity index (χ1) is 21.5. The van der Waals surface area contributed by atoms with E-state index in [2.05, 4.69) is 10.2 Å². The van der Waals surface area contributed by atoms with Crippen LogP contribution in [0.3, 0.4) is 0 Å². The van der Waals surface area contributed by atoms with E-state index >= 15 is 0 Å². The third-order valence-corrected chi connectivity index (χ3v) is 9.29. The lowest BCUT2D eigenvalue weighted by Crippen LogP contribution is -2.53. The number of urea groups is 1. The number of carbonyl (C=O) groups is 4. The van der Waals surface area contributed by atoms with Gasteiger partial charge in [0, 0.05) is 45.4 Å². The minimum Gasteiger partial charge on any atom is -0.444 e. The van der Waals surface area contributed by atoms with E-state index in [1.807, 2.05) is 31.8 Å². The Morgan fingerprint density at radius 3 is 2.49 bits per heavy atom. The van der Waals surface area contributed by atoms with Crippen LogP contribution in [0.2, 0.25) is 0 Å². The van der Waals surface area contributed by atoms with E-state index in [4.69, 9.17) is 15.2 Å². The molecule has 3 aromatic rings. The maximum Gasteiger partial charge on any atom is 0.410 e. The third-order valence-electron chi connectivity index (χ3n) is 8.20. The number of rotatable bonds is 6. The molecule has 0 bridgehead atoms. The van der Waals surface area contributed by atoms with E-state index in [1.54, 1.807) is 41.2 Å². The number of aromatic amines is 1. The van der Waals surface area contributed by atoms with Gasteiger partial charge in [0.25, 0.3) is 5.91 Å². The number of fused-ring (bicyclic) bond motifs is 3. The molecule has 2 saturated heterocycles. The number of nitrogens with two attached hydrogens (primary N) is 1. The lowest BCUT2D eigenvalue weighted by Gasteiger charge is -2.35. The van der Waals surface area contributed by atoms with Gasteiger partial charge in [0.05, 0.1) is 44.9 Å². The van der Waals surface area contributed by atoms with Crippen LogP contribution in [0.1, 0.15) is 59.2 Å². The summed E-state index contributed by atoms with van der Waals surface area (Å²) >= 11 is 1.27. The topological polar surface area (TPSA) is 154 Å². The molecule has 1 unspecified atom stereocenters. The predicted octanol–water partition coefficient (Wildman–Crippen LogP) is 3.95. The number of amides is 4. The number of piperazine rings is 1. The molecule has 13 nitrogen and oxygen atoms in total. The van der Waals surface area contributed by atoms with Crippen LogP contribution >= 0.6 is 11.3 Å². The van der Waals surface area contributed by atoms with Gasteiger partial charge in [0.15, 0.2) is 5.78 Å². The summed E-state index contributed by atoms with van der Waals surface area (Å²) in [5, 5.41) is 10.8. The van der Waals surface area contributed by atoms with Crippen LogP contribution in [-0.2, 0) is 9.47 Å². The van der Waals surface area contributed by atoms with Gasteiger partial charge in [-0.3, -0.25) is 14.7 Å². The van der Waals surface area contributed by atoms with Crippen molar-refractivity contribution in [3.05, 3.63) is 46.3 Å².